The molecule has 0 saturated heterocycles. The van der Waals surface area contributed by atoms with Crippen molar-refractivity contribution in [3.63, 3.8) is 0 Å². The van der Waals surface area contributed by atoms with Crippen LogP contribution in [-0.2, 0) is 17.7 Å². The molecule has 0 saturated carbocycles. The predicted molar refractivity (Wildman–Crippen MR) is 83.9 cm³/mol. The molecule has 1 aromatic carbocycles. The second-order valence-corrected chi connectivity index (χ2v) is 6.69. The van der Waals surface area contributed by atoms with E-state index < -0.39 is 6.10 Å². The SMILES string of the molecule is COCCn1ncc(Cl)c1C(O)C1Cc2ccccc2S1. The zero-order valence-corrected chi connectivity index (χ0v) is 13.3. The van der Waals surface area contributed by atoms with Gasteiger partial charge in [0, 0.05) is 17.3 Å². The van der Waals surface area contributed by atoms with E-state index in [1.165, 1.54) is 10.5 Å². The van der Waals surface area contributed by atoms with Gasteiger partial charge in [-0.05, 0) is 18.1 Å². The van der Waals surface area contributed by atoms with Crippen molar-refractivity contribution in [3.8, 4) is 0 Å². The number of halogens is 1. The van der Waals surface area contributed by atoms with Gasteiger partial charge in [-0.3, -0.25) is 4.68 Å². The van der Waals surface area contributed by atoms with Crippen molar-refractivity contribution < 1.29 is 9.84 Å². The molecule has 0 bridgehead atoms. The number of aliphatic hydroxyl groups excluding tert-OH is 1. The first-order chi connectivity index (χ1) is 10.2. The molecule has 1 aliphatic rings. The average Bonchev–Trinajstić information content (AvgIpc) is 3.08. The van der Waals surface area contributed by atoms with Crippen LogP contribution in [0.3, 0.4) is 0 Å². The molecule has 21 heavy (non-hydrogen) atoms. The van der Waals surface area contributed by atoms with Crippen molar-refractivity contribution in [2.75, 3.05) is 13.7 Å². The van der Waals surface area contributed by atoms with Crippen LogP contribution in [0.4, 0.5) is 0 Å². The minimum absolute atomic E-state index is 0.0675. The van der Waals surface area contributed by atoms with Crippen LogP contribution in [0.15, 0.2) is 35.4 Å². The van der Waals surface area contributed by atoms with Crippen molar-refractivity contribution in [2.45, 2.75) is 29.2 Å². The molecule has 0 aliphatic carbocycles. The van der Waals surface area contributed by atoms with Crippen LogP contribution in [-0.4, -0.2) is 33.9 Å². The molecular weight excluding hydrogens is 308 g/mol. The highest BCUT2D eigenvalue weighted by atomic mass is 35.5. The molecule has 0 radical (unpaired) electrons. The zero-order chi connectivity index (χ0) is 14.8. The van der Waals surface area contributed by atoms with Gasteiger partial charge in [0.2, 0.25) is 0 Å². The minimum atomic E-state index is -0.644. The largest absolute Gasteiger partial charge is 0.386 e. The van der Waals surface area contributed by atoms with Crippen molar-refractivity contribution >= 4 is 23.4 Å². The van der Waals surface area contributed by atoms with Gasteiger partial charge in [-0.15, -0.1) is 11.8 Å². The zero-order valence-electron chi connectivity index (χ0n) is 11.7. The van der Waals surface area contributed by atoms with Gasteiger partial charge in [0.15, 0.2) is 0 Å². The smallest absolute Gasteiger partial charge is 0.110 e. The van der Waals surface area contributed by atoms with Crippen molar-refractivity contribution in [3.05, 3.63) is 46.7 Å². The molecule has 2 atom stereocenters. The van der Waals surface area contributed by atoms with Crippen LogP contribution in [0.2, 0.25) is 5.02 Å². The van der Waals surface area contributed by atoms with E-state index in [4.69, 9.17) is 16.3 Å². The Balaban J connectivity index is 1.80. The summed E-state index contributed by atoms with van der Waals surface area (Å²) in [6, 6.07) is 8.26. The van der Waals surface area contributed by atoms with Gasteiger partial charge < -0.3 is 9.84 Å². The number of ether oxygens (including phenoxy) is 1. The number of aromatic nitrogens is 2. The number of aliphatic hydroxyl groups is 1. The quantitative estimate of drug-likeness (QED) is 0.918. The summed E-state index contributed by atoms with van der Waals surface area (Å²) in [6.45, 7) is 1.12. The number of methoxy groups -OCH3 is 1. The third-order valence-electron chi connectivity index (χ3n) is 3.64. The maximum absolute atomic E-state index is 10.7. The fourth-order valence-corrected chi connectivity index (χ4v) is 4.14. The lowest BCUT2D eigenvalue weighted by molar-refractivity contribution is 0.151. The van der Waals surface area contributed by atoms with Crippen molar-refractivity contribution in [1.29, 1.82) is 0 Å². The number of nitrogens with zero attached hydrogens (tertiary/aromatic N) is 2. The first-order valence-corrected chi connectivity index (χ1v) is 8.09. The molecule has 2 heterocycles. The molecule has 3 rings (SSSR count). The van der Waals surface area contributed by atoms with Crippen LogP contribution in [0, 0.1) is 0 Å². The van der Waals surface area contributed by atoms with Crippen LogP contribution < -0.4 is 0 Å². The Morgan fingerprint density at radius 3 is 3.10 bits per heavy atom. The summed E-state index contributed by atoms with van der Waals surface area (Å²) < 4.78 is 6.81. The van der Waals surface area contributed by atoms with E-state index in [1.807, 2.05) is 12.1 Å². The Morgan fingerprint density at radius 1 is 1.52 bits per heavy atom. The summed E-state index contributed by atoms with van der Waals surface area (Å²) >= 11 is 7.92. The fourth-order valence-electron chi connectivity index (χ4n) is 2.58. The lowest BCUT2D eigenvalue weighted by Gasteiger charge is -2.19. The molecular formula is C15H17ClN2O2S. The monoisotopic (exact) mass is 324 g/mol. The number of rotatable bonds is 5. The summed E-state index contributed by atoms with van der Waals surface area (Å²) in [5.74, 6) is 0. The van der Waals surface area contributed by atoms with E-state index in [0.29, 0.717) is 23.9 Å². The van der Waals surface area contributed by atoms with E-state index in [2.05, 4.69) is 17.2 Å². The van der Waals surface area contributed by atoms with Gasteiger partial charge in [0.1, 0.15) is 6.10 Å². The molecule has 1 aliphatic heterocycles. The summed E-state index contributed by atoms with van der Waals surface area (Å²) in [4.78, 5) is 1.24. The van der Waals surface area contributed by atoms with Gasteiger partial charge in [-0.1, -0.05) is 29.8 Å². The highest BCUT2D eigenvalue weighted by Gasteiger charge is 2.32. The fraction of sp³-hybridized carbons (Fsp3) is 0.400. The Labute approximate surface area is 133 Å². The number of thioether (sulfide) groups is 1. The molecule has 0 fully saturated rings. The van der Waals surface area contributed by atoms with E-state index in [1.54, 1.807) is 29.8 Å². The third-order valence-corrected chi connectivity index (χ3v) is 5.32. The Bertz CT molecular complexity index is 607. The molecule has 0 amide bonds. The molecule has 6 heteroatoms. The van der Waals surface area contributed by atoms with Gasteiger partial charge in [-0.25, -0.2) is 0 Å². The van der Waals surface area contributed by atoms with E-state index >= 15 is 0 Å². The Morgan fingerprint density at radius 2 is 2.33 bits per heavy atom. The highest BCUT2D eigenvalue weighted by Crippen LogP contribution is 2.43. The van der Waals surface area contributed by atoms with Gasteiger partial charge in [0.25, 0.3) is 0 Å². The van der Waals surface area contributed by atoms with Gasteiger partial charge >= 0.3 is 0 Å². The number of benzene rings is 1. The summed E-state index contributed by atoms with van der Waals surface area (Å²) in [5.41, 5.74) is 1.96. The maximum atomic E-state index is 10.7. The molecule has 2 aromatic rings. The second-order valence-electron chi connectivity index (χ2n) is 5.01. The highest BCUT2D eigenvalue weighted by molar-refractivity contribution is 8.00. The lowest BCUT2D eigenvalue weighted by atomic mass is 10.0. The molecule has 1 aromatic heterocycles. The third kappa shape index (κ3) is 2.97. The van der Waals surface area contributed by atoms with Crippen LogP contribution in [0.1, 0.15) is 17.4 Å². The number of hydrogen-bond acceptors (Lipinski definition) is 4. The summed E-state index contributed by atoms with van der Waals surface area (Å²) in [5, 5.41) is 15.5. The second kappa shape index (κ2) is 6.40. The van der Waals surface area contributed by atoms with Gasteiger partial charge in [-0.2, -0.15) is 5.10 Å². The van der Waals surface area contributed by atoms with Gasteiger partial charge in [0.05, 0.1) is 30.1 Å². The molecule has 0 spiro atoms. The summed E-state index contributed by atoms with van der Waals surface area (Å²) in [7, 11) is 1.64. The predicted octanol–water partition coefficient (Wildman–Crippen LogP) is 2.93. The topological polar surface area (TPSA) is 47.3 Å². The lowest BCUT2D eigenvalue weighted by Crippen LogP contribution is -2.20. The van der Waals surface area contributed by atoms with E-state index in [0.717, 1.165) is 6.42 Å². The molecule has 112 valence electrons. The van der Waals surface area contributed by atoms with E-state index in [9.17, 15) is 5.11 Å². The molecule has 2 unspecified atom stereocenters. The molecule has 1 N–H and O–H groups in total. The van der Waals surface area contributed by atoms with Crippen LogP contribution in [0.5, 0.6) is 0 Å². The van der Waals surface area contributed by atoms with E-state index in [-0.39, 0.29) is 5.25 Å². The normalized spacial score (nSPS) is 18.7. The van der Waals surface area contributed by atoms with Crippen molar-refractivity contribution in [2.24, 2.45) is 0 Å². The van der Waals surface area contributed by atoms with Crippen LogP contribution >= 0.6 is 23.4 Å². The Hall–Kier alpha value is -1.01. The number of hydrogen-bond donors (Lipinski definition) is 1. The molecule has 4 nitrogen and oxygen atoms in total. The first kappa shape index (κ1) is 14.9. The van der Waals surface area contributed by atoms with Crippen molar-refractivity contribution in [1.82, 2.24) is 9.78 Å². The Kier molecular flexibility index (Phi) is 4.54. The minimum Gasteiger partial charge on any atom is -0.386 e. The first-order valence-electron chi connectivity index (χ1n) is 6.83. The van der Waals surface area contributed by atoms with Crippen LogP contribution in [0.25, 0.3) is 0 Å². The standard InChI is InChI=1S/C15H17ClN2O2S/c1-20-7-6-18-14(11(16)9-17-18)15(19)13-8-10-4-2-3-5-12(10)21-13/h2-5,9,13,15,19H,6-8H2,1H3. The maximum Gasteiger partial charge on any atom is 0.110 e. The summed E-state index contributed by atoms with van der Waals surface area (Å²) in [6.07, 6.45) is 1.78. The number of fused-ring (bicyclic) bond motifs is 1. The average molecular weight is 325 g/mol.